The molecule has 0 saturated carbocycles. The lowest BCUT2D eigenvalue weighted by Crippen LogP contribution is -2.25. The lowest BCUT2D eigenvalue weighted by Gasteiger charge is -2.19. The number of nitro groups is 1. The van der Waals surface area contributed by atoms with Gasteiger partial charge in [0.1, 0.15) is 18.8 Å². The van der Waals surface area contributed by atoms with Crippen molar-refractivity contribution < 1.29 is 23.9 Å². The quantitative estimate of drug-likeness (QED) is 0.345. The van der Waals surface area contributed by atoms with Crippen LogP contribution in [0.5, 0.6) is 5.75 Å². The van der Waals surface area contributed by atoms with Crippen LogP contribution in [0.1, 0.15) is 47.1 Å². The van der Waals surface area contributed by atoms with E-state index in [-0.39, 0.29) is 30.1 Å². The molecule has 1 rings (SSSR count). The number of hydrogen-bond donors (Lipinski definition) is 0. The third-order valence-electron chi connectivity index (χ3n) is 2.97. The van der Waals surface area contributed by atoms with Crippen LogP contribution in [0.25, 0.3) is 0 Å². The number of carbonyl (C=O) groups is 1. The van der Waals surface area contributed by atoms with Gasteiger partial charge in [-0.2, -0.15) is 0 Å². The molecule has 0 aliphatic rings. The number of nitrogens with zero attached hydrogens (tertiary/aromatic N) is 1. The first kappa shape index (κ1) is 19.7. The van der Waals surface area contributed by atoms with Crippen molar-refractivity contribution in [3.05, 3.63) is 33.9 Å². The molecule has 1 aromatic carbocycles. The molecule has 0 radical (unpaired) electrons. The Labute approximate surface area is 142 Å². The highest BCUT2D eigenvalue weighted by Gasteiger charge is 2.22. The molecule has 0 amide bonds. The predicted molar refractivity (Wildman–Crippen MR) is 89.5 cm³/mol. The maximum atomic E-state index is 11.4. The van der Waals surface area contributed by atoms with E-state index in [0.29, 0.717) is 0 Å². The van der Waals surface area contributed by atoms with Crippen molar-refractivity contribution in [3.8, 4) is 5.75 Å². The third-order valence-corrected chi connectivity index (χ3v) is 2.97. The van der Waals surface area contributed by atoms with E-state index in [1.165, 1.54) is 6.07 Å². The van der Waals surface area contributed by atoms with Crippen molar-refractivity contribution in [1.29, 1.82) is 0 Å². The monoisotopic (exact) mass is 339 g/mol. The molecule has 1 aromatic rings. The molecular formula is C17H25NO6. The molecule has 0 N–H and O–H groups in total. The Bertz CT molecular complexity index is 598. The SMILES string of the molecule is CC(C)(C)OC(=O)OCCOc1ccc(C(C)(C)C)cc1[N+](=O)[O-]. The van der Waals surface area contributed by atoms with E-state index >= 15 is 0 Å². The van der Waals surface area contributed by atoms with E-state index in [1.54, 1.807) is 32.9 Å². The van der Waals surface area contributed by atoms with Crippen LogP contribution in [0.15, 0.2) is 18.2 Å². The van der Waals surface area contributed by atoms with Crippen LogP contribution >= 0.6 is 0 Å². The Kier molecular flexibility index (Phi) is 6.17. The summed E-state index contributed by atoms with van der Waals surface area (Å²) in [6.07, 6.45) is -0.802. The van der Waals surface area contributed by atoms with Crippen LogP contribution in [0.4, 0.5) is 10.5 Å². The maximum Gasteiger partial charge on any atom is 0.508 e. The van der Waals surface area contributed by atoms with Gasteiger partial charge in [0, 0.05) is 6.07 Å². The Balaban J connectivity index is 2.65. The molecule has 7 nitrogen and oxygen atoms in total. The standard InChI is InChI=1S/C17H25NO6/c1-16(2,3)12-7-8-14(13(11-12)18(20)21)22-9-10-23-15(19)24-17(4,5)6/h7-8,11H,9-10H2,1-6H3. The summed E-state index contributed by atoms with van der Waals surface area (Å²) in [4.78, 5) is 22.1. The minimum atomic E-state index is -0.802. The topological polar surface area (TPSA) is 87.9 Å². The molecule has 0 unspecified atom stereocenters. The van der Waals surface area contributed by atoms with Gasteiger partial charge in [-0.05, 0) is 37.8 Å². The molecule has 134 valence electrons. The van der Waals surface area contributed by atoms with Gasteiger partial charge in [0.05, 0.1) is 4.92 Å². The van der Waals surface area contributed by atoms with Crippen molar-refractivity contribution in [2.75, 3.05) is 13.2 Å². The number of ether oxygens (including phenoxy) is 3. The molecule has 0 aromatic heterocycles. The molecular weight excluding hydrogens is 314 g/mol. The highest BCUT2D eigenvalue weighted by Crippen LogP contribution is 2.32. The normalized spacial score (nSPS) is 11.8. The molecule has 0 heterocycles. The van der Waals surface area contributed by atoms with E-state index in [0.717, 1.165) is 5.56 Å². The number of benzene rings is 1. The first-order valence-electron chi connectivity index (χ1n) is 7.67. The fourth-order valence-corrected chi connectivity index (χ4v) is 1.80. The lowest BCUT2D eigenvalue weighted by molar-refractivity contribution is -0.386. The van der Waals surface area contributed by atoms with Crippen LogP contribution < -0.4 is 4.74 Å². The van der Waals surface area contributed by atoms with Gasteiger partial charge in [-0.1, -0.05) is 26.8 Å². The molecule has 24 heavy (non-hydrogen) atoms. The van der Waals surface area contributed by atoms with Gasteiger partial charge >= 0.3 is 11.8 Å². The summed E-state index contributed by atoms with van der Waals surface area (Å²) in [7, 11) is 0. The first-order chi connectivity index (χ1) is 10.9. The van der Waals surface area contributed by atoms with Gasteiger partial charge in [0.15, 0.2) is 5.75 Å². The second-order valence-electron chi connectivity index (χ2n) is 7.35. The Morgan fingerprint density at radius 3 is 2.25 bits per heavy atom. The van der Waals surface area contributed by atoms with Gasteiger partial charge in [0.25, 0.3) is 0 Å². The zero-order valence-corrected chi connectivity index (χ0v) is 15.0. The van der Waals surface area contributed by atoms with Crippen LogP contribution in [0.3, 0.4) is 0 Å². The molecule has 0 fully saturated rings. The van der Waals surface area contributed by atoms with E-state index in [9.17, 15) is 14.9 Å². The smallest absolute Gasteiger partial charge is 0.483 e. The largest absolute Gasteiger partial charge is 0.508 e. The van der Waals surface area contributed by atoms with Gasteiger partial charge in [-0.25, -0.2) is 4.79 Å². The van der Waals surface area contributed by atoms with E-state index in [1.807, 2.05) is 20.8 Å². The van der Waals surface area contributed by atoms with Gasteiger partial charge < -0.3 is 14.2 Å². The summed E-state index contributed by atoms with van der Waals surface area (Å²) < 4.78 is 15.2. The zero-order chi connectivity index (χ0) is 18.5. The van der Waals surface area contributed by atoms with Crippen LogP contribution in [0, 0.1) is 10.1 Å². The third kappa shape index (κ3) is 6.44. The summed E-state index contributed by atoms with van der Waals surface area (Å²) in [6, 6.07) is 4.85. The Morgan fingerprint density at radius 1 is 1.12 bits per heavy atom. The zero-order valence-electron chi connectivity index (χ0n) is 15.0. The average molecular weight is 339 g/mol. The van der Waals surface area contributed by atoms with Crippen LogP contribution in [-0.2, 0) is 14.9 Å². The second kappa shape index (κ2) is 7.51. The van der Waals surface area contributed by atoms with E-state index in [4.69, 9.17) is 14.2 Å². The van der Waals surface area contributed by atoms with E-state index in [2.05, 4.69) is 0 Å². The minimum Gasteiger partial charge on any atom is -0.483 e. The number of rotatable bonds is 5. The minimum absolute atomic E-state index is 0.00501. The van der Waals surface area contributed by atoms with Gasteiger partial charge in [-0.15, -0.1) is 0 Å². The number of hydrogen-bond acceptors (Lipinski definition) is 6. The Morgan fingerprint density at radius 2 is 1.75 bits per heavy atom. The van der Waals surface area contributed by atoms with Crippen LogP contribution in [0.2, 0.25) is 0 Å². The fourth-order valence-electron chi connectivity index (χ4n) is 1.80. The summed E-state index contributed by atoms with van der Waals surface area (Å²) in [5.74, 6) is 0.140. The van der Waals surface area contributed by atoms with Crippen molar-refractivity contribution in [2.24, 2.45) is 0 Å². The van der Waals surface area contributed by atoms with E-state index < -0.39 is 16.7 Å². The van der Waals surface area contributed by atoms with Crippen molar-refractivity contribution in [3.63, 3.8) is 0 Å². The second-order valence-corrected chi connectivity index (χ2v) is 7.35. The summed E-state index contributed by atoms with van der Waals surface area (Å²) in [6.45, 7) is 11.0. The highest BCUT2D eigenvalue weighted by molar-refractivity contribution is 5.60. The first-order valence-corrected chi connectivity index (χ1v) is 7.67. The summed E-state index contributed by atoms with van der Waals surface area (Å²) in [5.41, 5.74) is -0.117. The summed E-state index contributed by atoms with van der Waals surface area (Å²) in [5, 5.41) is 11.2. The summed E-state index contributed by atoms with van der Waals surface area (Å²) >= 11 is 0. The predicted octanol–water partition coefficient (Wildman–Crippen LogP) is 4.22. The Hall–Kier alpha value is -2.31. The van der Waals surface area contributed by atoms with Gasteiger partial charge in [0.2, 0.25) is 0 Å². The van der Waals surface area contributed by atoms with Crippen molar-refractivity contribution in [1.82, 2.24) is 0 Å². The fraction of sp³-hybridized carbons (Fsp3) is 0.588. The molecule has 0 atom stereocenters. The van der Waals surface area contributed by atoms with Crippen LogP contribution in [-0.4, -0.2) is 29.9 Å². The molecule has 0 aliphatic heterocycles. The van der Waals surface area contributed by atoms with Crippen molar-refractivity contribution >= 4 is 11.8 Å². The number of nitro benzene ring substituents is 1. The molecule has 7 heteroatoms. The van der Waals surface area contributed by atoms with Crippen molar-refractivity contribution in [2.45, 2.75) is 52.6 Å². The molecule has 0 saturated heterocycles. The number of carbonyl (C=O) groups excluding carboxylic acids is 1. The molecule has 0 spiro atoms. The lowest BCUT2D eigenvalue weighted by atomic mass is 9.87. The highest BCUT2D eigenvalue weighted by atomic mass is 16.7. The molecule has 0 aliphatic carbocycles. The molecule has 0 bridgehead atoms. The van der Waals surface area contributed by atoms with Gasteiger partial charge in [-0.3, -0.25) is 10.1 Å². The maximum absolute atomic E-state index is 11.4. The average Bonchev–Trinajstić information content (AvgIpc) is 2.40.